The zero-order valence-electron chi connectivity index (χ0n) is 14.6. The second-order valence-electron chi connectivity index (χ2n) is 6.44. The van der Waals surface area contributed by atoms with Gasteiger partial charge in [-0.25, -0.2) is 0 Å². The molecule has 6 heteroatoms. The average molecular weight is 384 g/mol. The van der Waals surface area contributed by atoms with Crippen LogP contribution in [0.15, 0.2) is 57.7 Å². The average Bonchev–Trinajstić information content (AvgIpc) is 3.22. The van der Waals surface area contributed by atoms with Gasteiger partial charge in [0.15, 0.2) is 12.4 Å². The number of amides is 1. The van der Waals surface area contributed by atoms with E-state index in [1.165, 1.54) is 0 Å². The monoisotopic (exact) mass is 383 g/mol. The summed E-state index contributed by atoms with van der Waals surface area (Å²) in [6, 6.07) is 14.0. The van der Waals surface area contributed by atoms with Gasteiger partial charge in [0.25, 0.3) is 5.91 Å². The van der Waals surface area contributed by atoms with Gasteiger partial charge in [0.2, 0.25) is 11.2 Å². The summed E-state index contributed by atoms with van der Waals surface area (Å²) in [5, 5.41) is 0.837. The van der Waals surface area contributed by atoms with Crippen molar-refractivity contribution in [3.63, 3.8) is 0 Å². The second-order valence-corrected chi connectivity index (χ2v) is 6.85. The molecule has 4 rings (SSSR count). The van der Waals surface area contributed by atoms with E-state index in [0.717, 1.165) is 25.9 Å². The van der Waals surface area contributed by atoms with Crippen LogP contribution in [-0.4, -0.2) is 30.5 Å². The molecule has 2 aromatic carbocycles. The Hall–Kier alpha value is -2.79. The van der Waals surface area contributed by atoms with Crippen molar-refractivity contribution in [2.24, 2.45) is 0 Å². The van der Waals surface area contributed by atoms with E-state index in [0.29, 0.717) is 21.6 Å². The molecule has 0 aliphatic carbocycles. The largest absolute Gasteiger partial charge is 0.476 e. The molecule has 1 aliphatic rings. The molecule has 138 valence electrons. The molecule has 0 bridgehead atoms. The second kappa shape index (κ2) is 7.45. The molecule has 27 heavy (non-hydrogen) atoms. The summed E-state index contributed by atoms with van der Waals surface area (Å²) in [5.74, 6) is 0.109. The molecule has 0 N–H and O–H groups in total. The van der Waals surface area contributed by atoms with Crippen LogP contribution in [-0.2, 0) is 4.79 Å². The van der Waals surface area contributed by atoms with Crippen molar-refractivity contribution in [3.05, 3.63) is 63.8 Å². The van der Waals surface area contributed by atoms with Crippen molar-refractivity contribution in [2.45, 2.75) is 12.8 Å². The fraction of sp³-hybridized carbons (Fsp3) is 0.238. The third-order valence-electron chi connectivity index (χ3n) is 4.67. The number of nitrogens with zero attached hydrogens (tertiary/aromatic N) is 1. The SMILES string of the molecule is O=C(COc1c(-c2ccccc2Cl)oc2ccccc2c1=O)N1CCCC1. The molecular weight excluding hydrogens is 366 g/mol. The van der Waals surface area contributed by atoms with Gasteiger partial charge < -0.3 is 14.1 Å². The molecular formula is C21H18ClNO4. The number of likely N-dealkylation sites (tertiary alicyclic amines) is 1. The molecule has 2 heterocycles. The van der Waals surface area contributed by atoms with Crippen molar-refractivity contribution in [2.75, 3.05) is 19.7 Å². The van der Waals surface area contributed by atoms with Crippen molar-refractivity contribution in [1.29, 1.82) is 0 Å². The molecule has 1 amide bonds. The number of carbonyl (C=O) groups excluding carboxylic acids is 1. The minimum absolute atomic E-state index is 0.00865. The topological polar surface area (TPSA) is 59.8 Å². The van der Waals surface area contributed by atoms with E-state index in [4.69, 9.17) is 20.8 Å². The van der Waals surface area contributed by atoms with Crippen LogP contribution in [0.1, 0.15) is 12.8 Å². The highest BCUT2D eigenvalue weighted by atomic mass is 35.5. The molecule has 0 saturated carbocycles. The molecule has 5 nitrogen and oxygen atoms in total. The number of carbonyl (C=O) groups is 1. The van der Waals surface area contributed by atoms with Crippen LogP contribution >= 0.6 is 11.6 Å². The van der Waals surface area contributed by atoms with Crippen LogP contribution in [0.25, 0.3) is 22.3 Å². The van der Waals surface area contributed by atoms with Gasteiger partial charge in [0.1, 0.15) is 5.58 Å². The van der Waals surface area contributed by atoms with Crippen LogP contribution in [0.5, 0.6) is 5.75 Å². The molecule has 0 unspecified atom stereocenters. The van der Waals surface area contributed by atoms with Crippen LogP contribution in [0.4, 0.5) is 0 Å². The van der Waals surface area contributed by atoms with Gasteiger partial charge in [-0.3, -0.25) is 9.59 Å². The van der Waals surface area contributed by atoms with E-state index in [2.05, 4.69) is 0 Å². The predicted molar refractivity (Wildman–Crippen MR) is 104 cm³/mol. The zero-order chi connectivity index (χ0) is 18.8. The smallest absolute Gasteiger partial charge is 0.260 e. The lowest BCUT2D eigenvalue weighted by molar-refractivity contribution is -0.132. The highest BCUT2D eigenvalue weighted by molar-refractivity contribution is 6.33. The number of para-hydroxylation sites is 1. The number of hydrogen-bond acceptors (Lipinski definition) is 4. The molecule has 1 aliphatic heterocycles. The molecule has 1 saturated heterocycles. The lowest BCUT2D eigenvalue weighted by Crippen LogP contribution is -2.32. The first kappa shape index (κ1) is 17.6. The molecule has 1 aromatic heterocycles. The maximum absolute atomic E-state index is 13.0. The Morgan fingerprint density at radius 3 is 2.56 bits per heavy atom. The summed E-state index contributed by atoms with van der Waals surface area (Å²) in [4.78, 5) is 27.1. The first-order valence-electron chi connectivity index (χ1n) is 8.86. The highest BCUT2D eigenvalue weighted by Crippen LogP contribution is 2.35. The summed E-state index contributed by atoms with van der Waals surface area (Å²) in [7, 11) is 0. The normalized spacial score (nSPS) is 13.9. The fourth-order valence-electron chi connectivity index (χ4n) is 3.27. The van der Waals surface area contributed by atoms with Gasteiger partial charge in [-0.1, -0.05) is 35.9 Å². The first-order chi connectivity index (χ1) is 13.1. The number of benzene rings is 2. The predicted octanol–water partition coefficient (Wildman–Crippen LogP) is 4.11. The summed E-state index contributed by atoms with van der Waals surface area (Å²) >= 11 is 6.31. The summed E-state index contributed by atoms with van der Waals surface area (Å²) in [5.41, 5.74) is 0.669. The van der Waals surface area contributed by atoms with Crippen molar-refractivity contribution in [3.8, 4) is 17.1 Å². The van der Waals surface area contributed by atoms with Gasteiger partial charge in [-0.2, -0.15) is 0 Å². The maximum atomic E-state index is 13.0. The fourth-order valence-corrected chi connectivity index (χ4v) is 3.49. The van der Waals surface area contributed by atoms with Crippen LogP contribution < -0.4 is 10.2 Å². The first-order valence-corrected chi connectivity index (χ1v) is 9.24. The Balaban J connectivity index is 1.78. The Labute approximate surface area is 161 Å². The summed E-state index contributed by atoms with van der Waals surface area (Å²) in [6.45, 7) is 1.25. The van der Waals surface area contributed by atoms with Crippen LogP contribution in [0, 0.1) is 0 Å². The quantitative estimate of drug-likeness (QED) is 0.680. The molecule has 0 atom stereocenters. The Morgan fingerprint density at radius 1 is 1.07 bits per heavy atom. The number of fused-ring (bicyclic) bond motifs is 1. The van der Waals surface area contributed by atoms with Gasteiger partial charge >= 0.3 is 0 Å². The number of ether oxygens (including phenoxy) is 1. The van der Waals surface area contributed by atoms with Gasteiger partial charge in [0, 0.05) is 18.7 Å². The molecule has 3 aromatic rings. The highest BCUT2D eigenvalue weighted by Gasteiger charge is 2.23. The standard InChI is InChI=1S/C21H18ClNO4/c22-16-9-3-1-7-14(16)20-21(26-13-18(24)23-11-5-6-12-23)19(25)15-8-2-4-10-17(15)27-20/h1-4,7-10H,5-6,11-13H2. The summed E-state index contributed by atoms with van der Waals surface area (Å²) < 4.78 is 11.7. The van der Waals surface area contributed by atoms with E-state index in [9.17, 15) is 9.59 Å². The minimum Gasteiger partial charge on any atom is -0.476 e. The molecule has 0 radical (unpaired) electrons. The minimum atomic E-state index is -0.319. The van der Waals surface area contributed by atoms with Crippen molar-refractivity contribution in [1.82, 2.24) is 4.90 Å². The maximum Gasteiger partial charge on any atom is 0.260 e. The van der Waals surface area contributed by atoms with E-state index in [1.54, 1.807) is 53.4 Å². The van der Waals surface area contributed by atoms with Crippen molar-refractivity contribution >= 4 is 28.5 Å². The number of rotatable bonds is 4. The van der Waals surface area contributed by atoms with Gasteiger partial charge in [-0.05, 0) is 37.1 Å². The van der Waals surface area contributed by atoms with E-state index >= 15 is 0 Å². The van der Waals surface area contributed by atoms with Crippen LogP contribution in [0.2, 0.25) is 5.02 Å². The third kappa shape index (κ3) is 3.43. The molecule has 0 spiro atoms. The van der Waals surface area contributed by atoms with Gasteiger partial charge in [0.05, 0.1) is 10.4 Å². The third-order valence-corrected chi connectivity index (χ3v) is 5.00. The van der Waals surface area contributed by atoms with E-state index < -0.39 is 0 Å². The Morgan fingerprint density at radius 2 is 1.78 bits per heavy atom. The number of halogens is 1. The van der Waals surface area contributed by atoms with E-state index in [-0.39, 0.29) is 29.5 Å². The number of hydrogen-bond donors (Lipinski definition) is 0. The Kier molecular flexibility index (Phi) is 4.86. The Bertz CT molecular complexity index is 1050. The van der Waals surface area contributed by atoms with E-state index in [1.807, 2.05) is 0 Å². The lowest BCUT2D eigenvalue weighted by Gasteiger charge is -2.16. The van der Waals surface area contributed by atoms with Gasteiger partial charge in [-0.15, -0.1) is 0 Å². The molecule has 1 fully saturated rings. The van der Waals surface area contributed by atoms with Crippen LogP contribution in [0.3, 0.4) is 0 Å². The lowest BCUT2D eigenvalue weighted by atomic mass is 10.1. The van der Waals surface area contributed by atoms with Crippen molar-refractivity contribution < 1.29 is 13.9 Å². The summed E-state index contributed by atoms with van der Waals surface area (Å²) in [6.07, 6.45) is 1.99. The zero-order valence-corrected chi connectivity index (χ0v) is 15.4.